The third kappa shape index (κ3) is 3.57. The van der Waals surface area contributed by atoms with E-state index in [2.05, 4.69) is 13.8 Å². The molecule has 0 saturated carbocycles. The van der Waals surface area contributed by atoms with E-state index in [0.29, 0.717) is 6.42 Å². The molecule has 1 aromatic carbocycles. The minimum absolute atomic E-state index is 0.00412. The van der Waals surface area contributed by atoms with Crippen molar-refractivity contribution in [3.63, 3.8) is 0 Å². The molecule has 0 heterocycles. The minimum atomic E-state index is 0.00412. The lowest BCUT2D eigenvalue weighted by atomic mass is 10.1. The number of aliphatic hydroxyl groups is 1. The Bertz CT molecular complexity index is 390. The molecule has 1 atom stereocenters. The number of hydrogen-bond acceptors (Lipinski definition) is 2. The Morgan fingerprint density at radius 1 is 1.39 bits per heavy atom. The fourth-order valence-corrected chi connectivity index (χ4v) is 1.97. The lowest BCUT2D eigenvalue weighted by Gasteiger charge is -2.29. The quantitative estimate of drug-likeness (QED) is 0.841. The third-order valence-electron chi connectivity index (χ3n) is 3.14. The van der Waals surface area contributed by atoms with Crippen LogP contribution in [0.3, 0.4) is 0 Å². The molecule has 3 heteroatoms. The highest BCUT2D eigenvalue weighted by molar-refractivity contribution is 5.93. The van der Waals surface area contributed by atoms with E-state index in [4.69, 9.17) is 0 Å². The van der Waals surface area contributed by atoms with Crippen LogP contribution in [0.15, 0.2) is 24.3 Å². The number of nitrogens with zero attached hydrogens (tertiary/aromatic N) is 1. The molecule has 0 aromatic heterocycles. The van der Waals surface area contributed by atoms with Crippen LogP contribution in [0.5, 0.6) is 0 Å². The van der Waals surface area contributed by atoms with Gasteiger partial charge >= 0.3 is 0 Å². The molecular formula is C15H23NO2. The lowest BCUT2D eigenvalue weighted by Crippen LogP contribution is -2.38. The predicted octanol–water partition coefficient (Wildman–Crippen LogP) is 3.11. The average molecular weight is 249 g/mol. The highest BCUT2D eigenvalue weighted by Crippen LogP contribution is 2.21. The second-order valence-electron chi connectivity index (χ2n) is 4.60. The molecule has 3 nitrogen and oxygen atoms in total. The van der Waals surface area contributed by atoms with Gasteiger partial charge in [0.2, 0.25) is 5.91 Å². The number of amides is 1. The number of carbonyl (C=O) groups excluding carboxylic acids is 1. The van der Waals surface area contributed by atoms with E-state index in [1.54, 1.807) is 0 Å². The van der Waals surface area contributed by atoms with E-state index in [1.165, 1.54) is 0 Å². The molecule has 100 valence electrons. The van der Waals surface area contributed by atoms with Crippen molar-refractivity contribution in [1.82, 2.24) is 0 Å². The van der Waals surface area contributed by atoms with E-state index >= 15 is 0 Å². The van der Waals surface area contributed by atoms with Gasteiger partial charge in [0.1, 0.15) is 0 Å². The van der Waals surface area contributed by atoms with Gasteiger partial charge in [0, 0.05) is 18.2 Å². The van der Waals surface area contributed by atoms with Crippen molar-refractivity contribution < 1.29 is 9.90 Å². The monoisotopic (exact) mass is 249 g/mol. The van der Waals surface area contributed by atoms with Gasteiger partial charge in [0.15, 0.2) is 0 Å². The Morgan fingerprint density at radius 2 is 2.11 bits per heavy atom. The van der Waals surface area contributed by atoms with Crippen LogP contribution in [-0.4, -0.2) is 17.1 Å². The first-order valence-electron chi connectivity index (χ1n) is 6.65. The summed E-state index contributed by atoms with van der Waals surface area (Å²) in [6.07, 6.45) is 2.33. The molecule has 0 spiro atoms. The minimum Gasteiger partial charge on any atom is -0.392 e. The van der Waals surface area contributed by atoms with Gasteiger partial charge in [-0.15, -0.1) is 0 Å². The van der Waals surface area contributed by atoms with Crippen LogP contribution >= 0.6 is 0 Å². The lowest BCUT2D eigenvalue weighted by molar-refractivity contribution is -0.119. The summed E-state index contributed by atoms with van der Waals surface area (Å²) in [6.45, 7) is 6.15. The Hall–Kier alpha value is -1.35. The number of carbonyl (C=O) groups is 1. The van der Waals surface area contributed by atoms with E-state index in [-0.39, 0.29) is 18.6 Å². The highest BCUT2D eigenvalue weighted by atomic mass is 16.3. The maximum atomic E-state index is 12.2. The maximum Gasteiger partial charge on any atom is 0.227 e. The number of aliphatic hydroxyl groups excluding tert-OH is 1. The summed E-state index contributed by atoms with van der Waals surface area (Å²) in [6, 6.07) is 7.74. The molecule has 0 aliphatic carbocycles. The van der Waals surface area contributed by atoms with E-state index in [0.717, 1.165) is 24.1 Å². The van der Waals surface area contributed by atoms with Gasteiger partial charge in [-0.1, -0.05) is 26.0 Å². The summed E-state index contributed by atoms with van der Waals surface area (Å²) in [5.74, 6) is 0.155. The van der Waals surface area contributed by atoms with Crippen molar-refractivity contribution in [2.45, 2.75) is 52.7 Å². The molecule has 0 saturated heterocycles. The van der Waals surface area contributed by atoms with Crippen molar-refractivity contribution in [3.05, 3.63) is 29.8 Å². The molecular weight excluding hydrogens is 226 g/mol. The molecule has 0 aliphatic rings. The van der Waals surface area contributed by atoms with Crippen LogP contribution < -0.4 is 4.90 Å². The smallest absolute Gasteiger partial charge is 0.227 e. The molecule has 1 aromatic rings. The Balaban J connectivity index is 3.04. The van der Waals surface area contributed by atoms with Gasteiger partial charge in [-0.25, -0.2) is 0 Å². The number of rotatable bonds is 6. The first-order valence-corrected chi connectivity index (χ1v) is 6.65. The van der Waals surface area contributed by atoms with Gasteiger partial charge < -0.3 is 10.0 Å². The Labute approximate surface area is 109 Å². The van der Waals surface area contributed by atoms with Crippen LogP contribution in [0, 0.1) is 0 Å². The van der Waals surface area contributed by atoms with Crippen LogP contribution in [0.2, 0.25) is 0 Å². The number of hydrogen-bond donors (Lipinski definition) is 1. The van der Waals surface area contributed by atoms with Crippen molar-refractivity contribution in [3.8, 4) is 0 Å². The SMILES string of the molecule is CCCC(=O)N(c1cccc(CO)c1)C(C)CC. The first kappa shape index (κ1) is 14.7. The van der Waals surface area contributed by atoms with Crippen LogP contribution in [-0.2, 0) is 11.4 Å². The van der Waals surface area contributed by atoms with E-state index < -0.39 is 0 Å². The largest absolute Gasteiger partial charge is 0.392 e. The van der Waals surface area contributed by atoms with Gasteiger partial charge in [0.05, 0.1) is 6.61 Å². The van der Waals surface area contributed by atoms with E-state index in [9.17, 15) is 9.90 Å². The summed E-state index contributed by atoms with van der Waals surface area (Å²) < 4.78 is 0. The van der Waals surface area contributed by atoms with Crippen molar-refractivity contribution in [2.75, 3.05) is 4.90 Å². The molecule has 18 heavy (non-hydrogen) atoms. The summed E-state index contributed by atoms with van der Waals surface area (Å²) in [7, 11) is 0. The van der Waals surface area contributed by atoms with Gasteiger partial charge in [-0.3, -0.25) is 4.79 Å². The zero-order chi connectivity index (χ0) is 13.5. The van der Waals surface area contributed by atoms with Crippen molar-refractivity contribution >= 4 is 11.6 Å². The molecule has 0 aliphatic heterocycles. The molecule has 0 fully saturated rings. The fraction of sp³-hybridized carbons (Fsp3) is 0.533. The summed E-state index contributed by atoms with van der Waals surface area (Å²) in [5, 5.41) is 9.18. The summed E-state index contributed by atoms with van der Waals surface area (Å²) in [5.41, 5.74) is 1.72. The highest BCUT2D eigenvalue weighted by Gasteiger charge is 2.20. The molecule has 0 radical (unpaired) electrons. The normalized spacial score (nSPS) is 12.2. The second-order valence-corrected chi connectivity index (χ2v) is 4.60. The summed E-state index contributed by atoms with van der Waals surface area (Å²) in [4.78, 5) is 14.1. The third-order valence-corrected chi connectivity index (χ3v) is 3.14. The predicted molar refractivity (Wildman–Crippen MR) is 74.5 cm³/mol. The zero-order valence-electron chi connectivity index (χ0n) is 11.5. The molecule has 1 rings (SSSR count). The van der Waals surface area contributed by atoms with Crippen LogP contribution in [0.4, 0.5) is 5.69 Å². The standard InChI is InChI=1S/C15H23NO2/c1-4-7-15(18)16(12(3)5-2)14-9-6-8-13(10-14)11-17/h6,8-10,12,17H,4-5,7,11H2,1-3H3. The number of anilines is 1. The Morgan fingerprint density at radius 3 is 2.67 bits per heavy atom. The fourth-order valence-electron chi connectivity index (χ4n) is 1.97. The van der Waals surface area contributed by atoms with Crippen LogP contribution in [0.25, 0.3) is 0 Å². The van der Waals surface area contributed by atoms with Gasteiger partial charge in [-0.2, -0.15) is 0 Å². The maximum absolute atomic E-state index is 12.2. The molecule has 1 N–H and O–H groups in total. The number of benzene rings is 1. The Kier molecular flexibility index (Phi) is 5.86. The topological polar surface area (TPSA) is 40.5 Å². The molecule has 0 bridgehead atoms. The first-order chi connectivity index (χ1) is 8.63. The van der Waals surface area contributed by atoms with Crippen LogP contribution in [0.1, 0.15) is 45.6 Å². The summed E-state index contributed by atoms with van der Waals surface area (Å²) >= 11 is 0. The second kappa shape index (κ2) is 7.17. The van der Waals surface area contributed by atoms with Crippen molar-refractivity contribution in [1.29, 1.82) is 0 Å². The molecule has 1 amide bonds. The molecule has 1 unspecified atom stereocenters. The zero-order valence-corrected chi connectivity index (χ0v) is 11.5. The average Bonchev–Trinajstić information content (AvgIpc) is 2.39. The van der Waals surface area contributed by atoms with E-state index in [1.807, 2.05) is 36.1 Å². The van der Waals surface area contributed by atoms with Crippen molar-refractivity contribution in [2.24, 2.45) is 0 Å². The van der Waals surface area contributed by atoms with Gasteiger partial charge in [0.25, 0.3) is 0 Å². The van der Waals surface area contributed by atoms with Gasteiger partial charge in [-0.05, 0) is 37.5 Å².